The van der Waals surface area contributed by atoms with Crippen LogP contribution in [0.15, 0.2) is 30.3 Å². The molecule has 7 heteroatoms. The van der Waals surface area contributed by atoms with Crippen LogP contribution in [-0.4, -0.2) is 40.8 Å². The van der Waals surface area contributed by atoms with Gasteiger partial charge in [-0.3, -0.25) is 9.89 Å². The molecule has 0 saturated heterocycles. The molecule has 1 aromatic carbocycles. The first-order valence-corrected chi connectivity index (χ1v) is 7.32. The molecule has 120 valence electrons. The van der Waals surface area contributed by atoms with E-state index >= 15 is 0 Å². The molecular weight excluding hydrogens is 298 g/mol. The summed E-state index contributed by atoms with van der Waals surface area (Å²) in [6, 6.07) is 8.46. The maximum Gasteiger partial charge on any atom is 0.341 e. The standard InChI is InChI=1S/C16H17N3O4/c1-19(11-4-6-12(7-5-11)23-9-15(20)21)16(22)14-8-13(17-18-14)10-2-3-10/h4-8,10H,2-3,9H2,1H3,(H,17,18)(H,20,21). The highest BCUT2D eigenvalue weighted by Gasteiger charge is 2.27. The van der Waals surface area contributed by atoms with Crippen molar-refractivity contribution >= 4 is 17.6 Å². The van der Waals surface area contributed by atoms with Gasteiger partial charge in [-0.05, 0) is 43.2 Å². The number of anilines is 1. The van der Waals surface area contributed by atoms with Gasteiger partial charge in [-0.15, -0.1) is 0 Å². The normalized spacial score (nSPS) is 13.6. The van der Waals surface area contributed by atoms with E-state index in [0.717, 1.165) is 18.5 Å². The number of benzene rings is 1. The summed E-state index contributed by atoms with van der Waals surface area (Å²) in [5, 5.41) is 15.6. The molecule has 0 unspecified atom stereocenters. The quantitative estimate of drug-likeness (QED) is 0.850. The van der Waals surface area contributed by atoms with Crippen molar-refractivity contribution in [2.75, 3.05) is 18.6 Å². The number of carbonyl (C=O) groups is 2. The van der Waals surface area contributed by atoms with E-state index in [-0.39, 0.29) is 5.91 Å². The maximum absolute atomic E-state index is 12.4. The second-order valence-corrected chi connectivity index (χ2v) is 5.52. The van der Waals surface area contributed by atoms with Crippen LogP contribution < -0.4 is 9.64 Å². The van der Waals surface area contributed by atoms with E-state index in [1.54, 1.807) is 37.4 Å². The van der Waals surface area contributed by atoms with Gasteiger partial charge in [0.1, 0.15) is 5.75 Å². The van der Waals surface area contributed by atoms with Crippen LogP contribution in [0.4, 0.5) is 5.69 Å². The first-order chi connectivity index (χ1) is 11.0. The number of carboxylic acids is 1. The fourth-order valence-corrected chi connectivity index (χ4v) is 2.25. The number of hydrogen-bond donors (Lipinski definition) is 2. The van der Waals surface area contributed by atoms with Gasteiger partial charge in [-0.1, -0.05) is 0 Å². The summed E-state index contributed by atoms with van der Waals surface area (Å²) in [6.07, 6.45) is 2.28. The van der Waals surface area contributed by atoms with Gasteiger partial charge >= 0.3 is 5.97 Å². The lowest BCUT2D eigenvalue weighted by atomic mass is 10.2. The largest absolute Gasteiger partial charge is 0.482 e. The minimum absolute atomic E-state index is 0.202. The first-order valence-electron chi connectivity index (χ1n) is 7.32. The van der Waals surface area contributed by atoms with E-state index in [1.165, 1.54) is 4.90 Å². The SMILES string of the molecule is CN(C(=O)c1cc(C2CC2)[nH]n1)c1ccc(OCC(=O)O)cc1. The van der Waals surface area contributed by atoms with Crippen LogP contribution in [0.5, 0.6) is 5.75 Å². The third-order valence-corrected chi connectivity index (χ3v) is 3.72. The smallest absolute Gasteiger partial charge is 0.341 e. The van der Waals surface area contributed by atoms with Crippen LogP contribution in [0.2, 0.25) is 0 Å². The summed E-state index contributed by atoms with van der Waals surface area (Å²) in [5.74, 6) is -0.286. The molecule has 1 fully saturated rings. The van der Waals surface area contributed by atoms with Crippen molar-refractivity contribution in [3.63, 3.8) is 0 Å². The van der Waals surface area contributed by atoms with Gasteiger partial charge < -0.3 is 14.7 Å². The zero-order chi connectivity index (χ0) is 16.4. The lowest BCUT2D eigenvalue weighted by Gasteiger charge is -2.16. The number of hydrogen-bond acceptors (Lipinski definition) is 4. The maximum atomic E-state index is 12.4. The average molecular weight is 315 g/mol. The third kappa shape index (κ3) is 3.50. The zero-order valence-electron chi connectivity index (χ0n) is 12.7. The number of aliphatic carboxylic acids is 1. The van der Waals surface area contributed by atoms with Crippen LogP contribution in [0.1, 0.15) is 34.9 Å². The Kier molecular flexibility index (Phi) is 4.01. The molecule has 1 aliphatic rings. The van der Waals surface area contributed by atoms with Crippen molar-refractivity contribution in [2.45, 2.75) is 18.8 Å². The summed E-state index contributed by atoms with van der Waals surface area (Å²) in [5.41, 5.74) is 2.08. The van der Waals surface area contributed by atoms with Gasteiger partial charge in [0.05, 0.1) is 0 Å². The third-order valence-electron chi connectivity index (χ3n) is 3.72. The molecule has 1 heterocycles. The molecule has 1 aliphatic carbocycles. The van der Waals surface area contributed by atoms with Crippen LogP contribution in [0, 0.1) is 0 Å². The molecule has 0 atom stereocenters. The van der Waals surface area contributed by atoms with Crippen LogP contribution in [0.25, 0.3) is 0 Å². The van der Waals surface area contributed by atoms with E-state index in [1.807, 2.05) is 0 Å². The predicted molar refractivity (Wildman–Crippen MR) is 82.9 cm³/mol. The number of ether oxygens (including phenoxy) is 1. The van der Waals surface area contributed by atoms with Crippen molar-refractivity contribution in [2.24, 2.45) is 0 Å². The van der Waals surface area contributed by atoms with E-state index < -0.39 is 12.6 Å². The van der Waals surface area contributed by atoms with Crippen molar-refractivity contribution < 1.29 is 19.4 Å². The molecule has 0 spiro atoms. The number of rotatable bonds is 6. The highest BCUT2D eigenvalue weighted by atomic mass is 16.5. The number of aromatic amines is 1. The van der Waals surface area contributed by atoms with Gasteiger partial charge in [0.15, 0.2) is 12.3 Å². The second-order valence-electron chi connectivity index (χ2n) is 5.52. The van der Waals surface area contributed by atoms with E-state index in [0.29, 0.717) is 23.0 Å². The minimum atomic E-state index is -1.04. The van der Waals surface area contributed by atoms with Crippen molar-refractivity contribution in [3.8, 4) is 5.75 Å². The Balaban J connectivity index is 1.67. The first kappa shape index (κ1) is 15.1. The molecular formula is C16H17N3O4. The van der Waals surface area contributed by atoms with Gasteiger partial charge in [-0.25, -0.2) is 4.79 Å². The van der Waals surface area contributed by atoms with Gasteiger partial charge in [-0.2, -0.15) is 5.10 Å². The molecule has 1 saturated carbocycles. The number of carboxylic acid groups (broad SMARTS) is 1. The van der Waals surface area contributed by atoms with E-state index in [9.17, 15) is 9.59 Å². The Bertz CT molecular complexity index is 719. The Morgan fingerprint density at radius 1 is 1.35 bits per heavy atom. The Morgan fingerprint density at radius 3 is 2.65 bits per heavy atom. The molecule has 0 aliphatic heterocycles. The van der Waals surface area contributed by atoms with E-state index in [4.69, 9.17) is 9.84 Å². The highest BCUT2D eigenvalue weighted by Crippen LogP contribution is 2.39. The molecule has 3 rings (SSSR count). The number of nitrogens with zero attached hydrogens (tertiary/aromatic N) is 2. The van der Waals surface area contributed by atoms with Crippen LogP contribution in [-0.2, 0) is 4.79 Å². The summed E-state index contributed by atoms with van der Waals surface area (Å²) < 4.78 is 5.06. The Labute approximate surface area is 132 Å². The number of aromatic nitrogens is 2. The Hall–Kier alpha value is -2.83. The number of H-pyrrole nitrogens is 1. The van der Waals surface area contributed by atoms with E-state index in [2.05, 4.69) is 10.2 Å². The minimum Gasteiger partial charge on any atom is -0.482 e. The van der Waals surface area contributed by atoms with Gasteiger partial charge in [0.2, 0.25) is 0 Å². The van der Waals surface area contributed by atoms with Crippen molar-refractivity contribution in [1.29, 1.82) is 0 Å². The molecule has 0 bridgehead atoms. The monoisotopic (exact) mass is 315 g/mol. The molecule has 0 radical (unpaired) electrons. The molecule has 1 amide bonds. The van der Waals surface area contributed by atoms with Crippen LogP contribution >= 0.6 is 0 Å². The predicted octanol–water partition coefficient (Wildman–Crippen LogP) is 2.03. The van der Waals surface area contributed by atoms with Crippen LogP contribution in [0.3, 0.4) is 0 Å². The average Bonchev–Trinajstić information content (AvgIpc) is 3.29. The zero-order valence-corrected chi connectivity index (χ0v) is 12.7. The Morgan fingerprint density at radius 2 is 2.04 bits per heavy atom. The van der Waals surface area contributed by atoms with Gasteiger partial charge in [0.25, 0.3) is 5.91 Å². The summed E-state index contributed by atoms with van der Waals surface area (Å²) in [7, 11) is 1.67. The molecule has 2 aromatic rings. The van der Waals surface area contributed by atoms with Crippen molar-refractivity contribution in [3.05, 3.63) is 41.7 Å². The number of carbonyl (C=O) groups excluding carboxylic acids is 1. The number of amides is 1. The summed E-state index contributed by atoms with van der Waals surface area (Å²) in [4.78, 5) is 24.4. The van der Waals surface area contributed by atoms with Gasteiger partial charge in [0, 0.05) is 24.3 Å². The summed E-state index contributed by atoms with van der Waals surface area (Å²) in [6.45, 7) is -0.397. The lowest BCUT2D eigenvalue weighted by Crippen LogP contribution is -2.26. The highest BCUT2D eigenvalue weighted by molar-refractivity contribution is 6.04. The molecule has 7 nitrogen and oxygen atoms in total. The molecule has 23 heavy (non-hydrogen) atoms. The second kappa shape index (κ2) is 6.12. The lowest BCUT2D eigenvalue weighted by molar-refractivity contribution is -0.139. The summed E-state index contributed by atoms with van der Waals surface area (Å²) >= 11 is 0. The molecule has 2 N–H and O–H groups in total. The fraction of sp³-hybridized carbons (Fsp3) is 0.312. The molecule has 1 aromatic heterocycles. The fourth-order valence-electron chi connectivity index (χ4n) is 2.25. The topological polar surface area (TPSA) is 95.5 Å². The van der Waals surface area contributed by atoms with Crippen molar-refractivity contribution in [1.82, 2.24) is 10.2 Å². The number of nitrogens with one attached hydrogen (secondary N) is 1.